The molecule has 1 fully saturated rings. The largest absolute Gasteiger partial charge is 0.312 e. The number of nitro groups is 1. The highest BCUT2D eigenvalue weighted by Gasteiger charge is 2.20. The molecule has 0 unspecified atom stereocenters. The molecule has 6 heteroatoms. The molecular formula is C12H16FN3O2. The van der Waals surface area contributed by atoms with Crippen LogP contribution in [-0.2, 0) is 6.54 Å². The molecule has 5 nitrogen and oxygen atoms in total. The topological polar surface area (TPSA) is 58.4 Å². The Kier molecular flexibility index (Phi) is 3.88. The van der Waals surface area contributed by atoms with Crippen molar-refractivity contribution < 1.29 is 9.31 Å². The van der Waals surface area contributed by atoms with Crippen molar-refractivity contribution in [2.75, 3.05) is 19.6 Å². The van der Waals surface area contributed by atoms with Crippen LogP contribution in [0.5, 0.6) is 0 Å². The average Bonchev–Trinajstić information content (AvgIpc) is 2.28. The fraction of sp³-hybridized carbons (Fsp3) is 0.500. The fourth-order valence-electron chi connectivity index (χ4n) is 2.26. The van der Waals surface area contributed by atoms with Gasteiger partial charge in [-0.05, 0) is 19.1 Å². The number of rotatable bonds is 3. The number of benzene rings is 1. The molecule has 0 amide bonds. The van der Waals surface area contributed by atoms with E-state index in [0.717, 1.165) is 25.7 Å². The maximum Gasteiger partial charge on any atom is 0.274 e. The number of piperazine rings is 1. The summed E-state index contributed by atoms with van der Waals surface area (Å²) >= 11 is 0. The second-order valence-electron chi connectivity index (χ2n) is 4.62. The van der Waals surface area contributed by atoms with Crippen LogP contribution >= 0.6 is 0 Å². The minimum Gasteiger partial charge on any atom is -0.312 e. The normalized spacial score (nSPS) is 20.9. The molecule has 1 aliphatic rings. The molecule has 1 heterocycles. The van der Waals surface area contributed by atoms with E-state index in [9.17, 15) is 14.5 Å². The lowest BCUT2D eigenvalue weighted by atomic mass is 10.1. The van der Waals surface area contributed by atoms with E-state index in [1.807, 2.05) is 0 Å². The molecule has 1 aliphatic heterocycles. The molecular weight excluding hydrogens is 237 g/mol. The van der Waals surface area contributed by atoms with Gasteiger partial charge in [-0.15, -0.1) is 0 Å². The standard InChI is InChI=1S/C12H16FN3O2/c1-9-7-15(5-4-14-9)8-10-6-11(13)2-3-12(10)16(17)18/h2-3,6,9,14H,4-5,7-8H2,1H3/t9-/m0/s1. The first-order chi connectivity index (χ1) is 8.56. The molecule has 0 aromatic heterocycles. The van der Waals surface area contributed by atoms with Gasteiger partial charge in [0.2, 0.25) is 0 Å². The van der Waals surface area contributed by atoms with Crippen LogP contribution in [0.4, 0.5) is 10.1 Å². The van der Waals surface area contributed by atoms with Crippen molar-refractivity contribution in [3.8, 4) is 0 Å². The summed E-state index contributed by atoms with van der Waals surface area (Å²) in [5.41, 5.74) is 0.427. The Morgan fingerprint density at radius 1 is 1.61 bits per heavy atom. The van der Waals surface area contributed by atoms with Gasteiger partial charge < -0.3 is 5.32 Å². The Labute approximate surface area is 105 Å². The molecule has 1 N–H and O–H groups in total. The summed E-state index contributed by atoms with van der Waals surface area (Å²) in [4.78, 5) is 12.5. The van der Waals surface area contributed by atoms with Crippen molar-refractivity contribution in [3.63, 3.8) is 0 Å². The van der Waals surface area contributed by atoms with E-state index in [4.69, 9.17) is 0 Å². The molecule has 0 radical (unpaired) electrons. The Balaban J connectivity index is 2.16. The fourth-order valence-corrected chi connectivity index (χ4v) is 2.26. The van der Waals surface area contributed by atoms with Gasteiger partial charge in [0.25, 0.3) is 5.69 Å². The van der Waals surface area contributed by atoms with Crippen molar-refractivity contribution in [1.82, 2.24) is 10.2 Å². The second kappa shape index (κ2) is 5.41. The third-order valence-electron chi connectivity index (χ3n) is 3.09. The van der Waals surface area contributed by atoms with Crippen LogP contribution in [0.1, 0.15) is 12.5 Å². The van der Waals surface area contributed by atoms with Gasteiger partial charge in [-0.25, -0.2) is 4.39 Å². The number of nitrogens with one attached hydrogen (secondary N) is 1. The highest BCUT2D eigenvalue weighted by molar-refractivity contribution is 5.40. The molecule has 0 spiro atoms. The number of nitrogens with zero attached hydrogens (tertiary/aromatic N) is 2. The zero-order valence-corrected chi connectivity index (χ0v) is 10.2. The van der Waals surface area contributed by atoms with Crippen LogP contribution in [0.25, 0.3) is 0 Å². The van der Waals surface area contributed by atoms with Crippen LogP contribution in [-0.4, -0.2) is 35.5 Å². The minimum atomic E-state index is -0.458. The number of hydrogen-bond donors (Lipinski definition) is 1. The summed E-state index contributed by atoms with van der Waals surface area (Å²) in [6.07, 6.45) is 0. The third-order valence-corrected chi connectivity index (χ3v) is 3.09. The van der Waals surface area contributed by atoms with Crippen molar-refractivity contribution in [3.05, 3.63) is 39.7 Å². The minimum absolute atomic E-state index is 0.0115. The first-order valence-electron chi connectivity index (χ1n) is 5.95. The van der Waals surface area contributed by atoms with Crippen LogP contribution < -0.4 is 5.32 Å². The van der Waals surface area contributed by atoms with Gasteiger partial charge in [-0.3, -0.25) is 15.0 Å². The molecule has 1 aromatic carbocycles. The van der Waals surface area contributed by atoms with Gasteiger partial charge in [0.15, 0.2) is 0 Å². The summed E-state index contributed by atoms with van der Waals surface area (Å²) in [5.74, 6) is -0.432. The van der Waals surface area contributed by atoms with Gasteiger partial charge >= 0.3 is 0 Å². The average molecular weight is 253 g/mol. The first kappa shape index (κ1) is 12.9. The number of nitro benzene ring substituents is 1. The molecule has 1 saturated heterocycles. The van der Waals surface area contributed by atoms with E-state index in [1.54, 1.807) is 0 Å². The molecule has 2 rings (SSSR count). The molecule has 1 aromatic rings. The van der Waals surface area contributed by atoms with E-state index in [1.165, 1.54) is 12.1 Å². The van der Waals surface area contributed by atoms with E-state index in [0.29, 0.717) is 18.2 Å². The zero-order valence-electron chi connectivity index (χ0n) is 10.2. The molecule has 0 bridgehead atoms. The van der Waals surface area contributed by atoms with Crippen LogP contribution in [0.3, 0.4) is 0 Å². The first-order valence-corrected chi connectivity index (χ1v) is 5.95. The Bertz CT molecular complexity index is 453. The van der Waals surface area contributed by atoms with E-state index >= 15 is 0 Å². The Morgan fingerprint density at radius 2 is 2.39 bits per heavy atom. The quantitative estimate of drug-likeness (QED) is 0.655. The lowest BCUT2D eigenvalue weighted by molar-refractivity contribution is -0.385. The van der Waals surface area contributed by atoms with Gasteiger partial charge in [0.05, 0.1) is 4.92 Å². The molecule has 0 saturated carbocycles. The van der Waals surface area contributed by atoms with Gasteiger partial charge in [0.1, 0.15) is 5.82 Å². The monoisotopic (exact) mass is 253 g/mol. The smallest absolute Gasteiger partial charge is 0.274 e. The van der Waals surface area contributed by atoms with E-state index in [-0.39, 0.29) is 5.69 Å². The summed E-state index contributed by atoms with van der Waals surface area (Å²) in [6.45, 7) is 4.96. The predicted molar refractivity (Wildman–Crippen MR) is 65.8 cm³/mol. The van der Waals surface area contributed by atoms with Crippen LogP contribution in [0, 0.1) is 15.9 Å². The highest BCUT2D eigenvalue weighted by Crippen LogP contribution is 2.21. The van der Waals surface area contributed by atoms with Crippen molar-refractivity contribution in [1.29, 1.82) is 0 Å². The predicted octanol–water partition coefficient (Wildman–Crippen LogP) is 1.53. The second-order valence-corrected chi connectivity index (χ2v) is 4.62. The summed E-state index contributed by atoms with van der Waals surface area (Å²) < 4.78 is 13.2. The van der Waals surface area contributed by atoms with E-state index in [2.05, 4.69) is 17.1 Å². The zero-order chi connectivity index (χ0) is 13.1. The number of hydrogen-bond acceptors (Lipinski definition) is 4. The van der Waals surface area contributed by atoms with E-state index < -0.39 is 10.7 Å². The highest BCUT2D eigenvalue weighted by atomic mass is 19.1. The lowest BCUT2D eigenvalue weighted by Crippen LogP contribution is -2.48. The van der Waals surface area contributed by atoms with Gasteiger partial charge in [-0.1, -0.05) is 0 Å². The van der Waals surface area contributed by atoms with Crippen molar-refractivity contribution >= 4 is 5.69 Å². The van der Waals surface area contributed by atoms with Crippen molar-refractivity contribution in [2.45, 2.75) is 19.5 Å². The summed E-state index contributed by atoms with van der Waals surface area (Å²) in [5, 5.41) is 14.2. The summed E-state index contributed by atoms with van der Waals surface area (Å²) in [7, 11) is 0. The van der Waals surface area contributed by atoms with Crippen LogP contribution in [0.2, 0.25) is 0 Å². The maximum atomic E-state index is 13.2. The maximum absolute atomic E-state index is 13.2. The number of halogens is 1. The molecule has 0 aliphatic carbocycles. The summed E-state index contributed by atoms with van der Waals surface area (Å²) in [6, 6.07) is 3.97. The van der Waals surface area contributed by atoms with Crippen molar-refractivity contribution in [2.24, 2.45) is 0 Å². The Morgan fingerprint density at radius 3 is 3.06 bits per heavy atom. The SMILES string of the molecule is C[C@H]1CN(Cc2cc(F)ccc2[N+](=O)[O-])CCN1. The third kappa shape index (κ3) is 3.02. The van der Waals surface area contributed by atoms with Gasteiger partial charge in [0, 0.05) is 43.9 Å². The Hall–Kier alpha value is -1.53. The van der Waals surface area contributed by atoms with Gasteiger partial charge in [-0.2, -0.15) is 0 Å². The molecule has 18 heavy (non-hydrogen) atoms. The molecule has 98 valence electrons. The molecule has 1 atom stereocenters. The van der Waals surface area contributed by atoms with Crippen LogP contribution in [0.15, 0.2) is 18.2 Å². The lowest BCUT2D eigenvalue weighted by Gasteiger charge is -2.31.